The van der Waals surface area contributed by atoms with E-state index in [9.17, 15) is 17.7 Å². The van der Waals surface area contributed by atoms with Gasteiger partial charge in [-0.3, -0.25) is 4.39 Å². The third-order valence-electron chi connectivity index (χ3n) is 0.827. The summed E-state index contributed by atoms with van der Waals surface area (Å²) in [6.07, 6.45) is 4.39. The summed E-state index contributed by atoms with van der Waals surface area (Å²) in [5.74, 6) is -0.912. The van der Waals surface area contributed by atoms with Crippen LogP contribution in [0.5, 0.6) is 0 Å². The number of allylic oxidation sites excluding steroid dienone is 2. The second-order valence-electron chi connectivity index (χ2n) is 2.63. The maximum absolute atomic E-state index is 10.9. The van der Waals surface area contributed by atoms with Crippen LogP contribution in [0.15, 0.2) is 51.1 Å². The van der Waals surface area contributed by atoms with Crippen molar-refractivity contribution in [3.05, 3.63) is 51.1 Å². The van der Waals surface area contributed by atoms with Crippen LogP contribution < -0.4 is 0 Å². The second-order valence-corrected chi connectivity index (χ2v) is 2.63. The van der Waals surface area contributed by atoms with Crippen molar-refractivity contribution in [3.8, 4) is 0 Å². The number of rotatable bonds is 5. The van der Waals surface area contributed by atoms with Crippen LogP contribution in [0.3, 0.4) is 0 Å². The Hall–Kier alpha value is -1.56. The molecule has 6 heteroatoms. The fourth-order valence-corrected chi connectivity index (χ4v) is 0.118. The minimum Gasteiger partial charge on any atom is -0.502 e. The van der Waals surface area contributed by atoms with E-state index in [-0.39, 0.29) is 13.3 Å². The highest BCUT2D eigenvalue weighted by molar-refractivity contribution is 4.76. The molecule has 0 aliphatic heterocycles. The maximum atomic E-state index is 10.9. The summed E-state index contributed by atoms with van der Waals surface area (Å²) in [5.41, 5.74) is 0. The second kappa shape index (κ2) is 70.9. The van der Waals surface area contributed by atoms with Gasteiger partial charge in [0, 0.05) is 0 Å². The lowest BCUT2D eigenvalue weighted by atomic mass is 10.5. The zero-order valence-corrected chi connectivity index (χ0v) is 15.1. The highest BCUT2D eigenvalue weighted by Crippen LogP contribution is 1.87. The van der Waals surface area contributed by atoms with E-state index >= 15 is 0 Å². The van der Waals surface area contributed by atoms with Crippen molar-refractivity contribution in [2.45, 2.75) is 34.1 Å². The number of ether oxygens (including phenoxy) is 1. The van der Waals surface area contributed by atoms with Gasteiger partial charge in [0.25, 0.3) is 0 Å². The molecule has 0 heterocycles. The molecule has 0 atom stereocenters. The summed E-state index contributed by atoms with van der Waals surface area (Å²) in [6, 6.07) is 0. The zero-order valence-electron chi connectivity index (χ0n) is 15.1. The Morgan fingerprint density at radius 3 is 1.26 bits per heavy atom. The lowest BCUT2D eigenvalue weighted by molar-refractivity contribution is -0.125. The van der Waals surface area contributed by atoms with Crippen molar-refractivity contribution in [3.63, 3.8) is 0 Å². The maximum Gasteiger partial charge on any atom is 0.140 e. The largest absolute Gasteiger partial charge is 0.502 e. The van der Waals surface area contributed by atoms with Crippen molar-refractivity contribution in [2.24, 2.45) is 0 Å². The molecule has 0 aromatic carbocycles. The van der Waals surface area contributed by atoms with Gasteiger partial charge >= 0.3 is 0 Å². The Bertz CT molecular complexity index is 187. The van der Waals surface area contributed by atoms with Crippen LogP contribution in [-0.2, 0) is 9.68 Å². The fourth-order valence-electron chi connectivity index (χ4n) is 0.118. The average Bonchev–Trinajstić information content (AvgIpc) is 2.59. The molecule has 0 N–H and O–H groups in total. The first kappa shape index (κ1) is 37.6. The van der Waals surface area contributed by atoms with Crippen LogP contribution in [0.25, 0.3) is 0 Å². The molecule has 0 unspecified atom stereocenters. The minimum atomic E-state index is -1.06. The van der Waals surface area contributed by atoms with Gasteiger partial charge in [0.05, 0.1) is 26.2 Å². The van der Waals surface area contributed by atoms with Gasteiger partial charge in [-0.05, 0) is 31.7 Å². The van der Waals surface area contributed by atoms with Crippen LogP contribution in [0, 0.1) is 0 Å². The lowest BCUT2D eigenvalue weighted by Gasteiger charge is -1.84. The molecule has 0 bridgehead atoms. The highest BCUT2D eigenvalue weighted by Gasteiger charge is 1.78. The molecule has 0 aromatic heterocycles. The van der Waals surface area contributed by atoms with Gasteiger partial charge in [-0.1, -0.05) is 26.2 Å². The summed E-state index contributed by atoms with van der Waals surface area (Å²) in [5, 5.41) is 0. The predicted octanol–water partition coefficient (Wildman–Crippen LogP) is 6.87. The third-order valence-corrected chi connectivity index (χ3v) is 0.827. The monoisotopic (exact) mass is 346 g/mol. The van der Waals surface area contributed by atoms with Gasteiger partial charge < -0.3 is 4.74 Å². The molecular weight excluding hydrogens is 312 g/mol. The SMILES string of the molecule is C=C.C=C(F)CF.C=CCC.C=COCC.CCF.CCOF. The smallest absolute Gasteiger partial charge is 0.140 e. The van der Waals surface area contributed by atoms with E-state index in [2.05, 4.69) is 49.5 Å². The minimum absolute atomic E-state index is 0.153. The van der Waals surface area contributed by atoms with E-state index in [1.807, 2.05) is 13.0 Å². The summed E-state index contributed by atoms with van der Waals surface area (Å²) >= 11 is 0. The summed E-state index contributed by atoms with van der Waals surface area (Å²) in [6.45, 7) is 22.0. The standard InChI is InChI=1S/C4H8O.C4H8.C3H4F2.C2H5FO.C2H5F.C2H4/c1-3-5-4-2;1-3-4-2;1-3(5)2-4;1-2-4-3;1-2-3;1-2/h3H,1,4H2,2H3;3H,1,4H2,2H3;1-2H2;2H2,1H3;2H2,1H3;1-2H2. The Balaban J connectivity index is -0.0000000386. The Labute approximate surface area is 140 Å². The summed E-state index contributed by atoms with van der Waals surface area (Å²) < 4.78 is 46.6. The lowest BCUT2D eigenvalue weighted by Crippen LogP contribution is -1.72. The molecule has 0 aliphatic carbocycles. The van der Waals surface area contributed by atoms with Crippen LogP contribution in [-0.4, -0.2) is 26.6 Å². The van der Waals surface area contributed by atoms with Gasteiger partial charge in [-0.15, -0.1) is 19.7 Å². The van der Waals surface area contributed by atoms with E-state index in [0.717, 1.165) is 13.0 Å². The molecule has 0 saturated carbocycles. The molecule has 2 nitrogen and oxygen atoms in total. The Morgan fingerprint density at radius 1 is 1.00 bits per heavy atom. The van der Waals surface area contributed by atoms with Gasteiger partial charge in [-0.25, -0.2) is 8.78 Å². The van der Waals surface area contributed by atoms with Crippen molar-refractivity contribution in [1.82, 2.24) is 0 Å². The molecule has 23 heavy (non-hydrogen) atoms. The first-order chi connectivity index (χ1) is 10.9. The fraction of sp³-hybridized carbons (Fsp3) is 0.529. The van der Waals surface area contributed by atoms with Crippen molar-refractivity contribution in [2.75, 3.05) is 26.6 Å². The predicted molar refractivity (Wildman–Crippen MR) is 94.2 cm³/mol. The molecule has 0 spiro atoms. The zero-order chi connectivity index (χ0) is 19.9. The topological polar surface area (TPSA) is 18.5 Å². The van der Waals surface area contributed by atoms with E-state index < -0.39 is 12.5 Å². The molecule has 0 fully saturated rings. The van der Waals surface area contributed by atoms with Crippen molar-refractivity contribution in [1.29, 1.82) is 0 Å². The van der Waals surface area contributed by atoms with Gasteiger partial charge in [0.15, 0.2) is 0 Å². The van der Waals surface area contributed by atoms with Crippen LogP contribution >= 0.6 is 0 Å². The number of hydrogen-bond donors (Lipinski definition) is 0. The average molecular weight is 346 g/mol. The Kier molecular flexibility index (Phi) is 116. The third kappa shape index (κ3) is 353. The molecule has 0 amide bonds. The molecule has 0 radical (unpaired) electrons. The van der Waals surface area contributed by atoms with Gasteiger partial charge in [-0.2, -0.15) is 4.94 Å². The number of alkyl halides is 2. The highest BCUT2D eigenvalue weighted by atomic mass is 19.3. The normalized spacial score (nSPS) is 6.43. The van der Waals surface area contributed by atoms with Crippen LogP contribution in [0.4, 0.5) is 17.7 Å². The molecule has 0 saturated heterocycles. The molecule has 142 valence electrons. The number of hydrogen-bond acceptors (Lipinski definition) is 2. The first-order valence-corrected chi connectivity index (χ1v) is 6.95. The first-order valence-electron chi connectivity index (χ1n) is 6.95. The van der Waals surface area contributed by atoms with E-state index in [4.69, 9.17) is 0 Å². The summed E-state index contributed by atoms with van der Waals surface area (Å²) in [4.78, 5) is 3.04. The molecule has 0 rings (SSSR count). The molecule has 0 aromatic rings. The van der Waals surface area contributed by atoms with E-state index in [0.29, 0.717) is 0 Å². The van der Waals surface area contributed by atoms with Crippen LogP contribution in [0.1, 0.15) is 34.1 Å². The van der Waals surface area contributed by atoms with E-state index in [1.165, 1.54) is 13.2 Å². The van der Waals surface area contributed by atoms with Crippen molar-refractivity contribution >= 4 is 0 Å². The quantitative estimate of drug-likeness (QED) is 0.307. The molecular formula is C17H34F4O2. The van der Waals surface area contributed by atoms with Crippen molar-refractivity contribution < 1.29 is 27.4 Å². The van der Waals surface area contributed by atoms with E-state index in [1.54, 1.807) is 6.92 Å². The van der Waals surface area contributed by atoms with Gasteiger partial charge in [0.2, 0.25) is 0 Å². The summed E-state index contributed by atoms with van der Waals surface area (Å²) in [7, 11) is 0. The van der Waals surface area contributed by atoms with Gasteiger partial charge in [0.1, 0.15) is 12.5 Å². The van der Waals surface area contributed by atoms with Crippen LogP contribution in [0.2, 0.25) is 0 Å². The Morgan fingerprint density at radius 2 is 1.26 bits per heavy atom. The molecule has 0 aliphatic rings. The number of halogens is 4.